The van der Waals surface area contributed by atoms with Gasteiger partial charge in [-0.3, -0.25) is 4.79 Å². The number of methoxy groups -OCH3 is 1. The van der Waals surface area contributed by atoms with Crippen LogP contribution in [0, 0.1) is 18.6 Å². The zero-order chi connectivity index (χ0) is 18.4. The molecule has 3 heterocycles. The lowest BCUT2D eigenvalue weighted by molar-refractivity contribution is -0.121. The fraction of sp³-hybridized carbons (Fsp3) is 0.263. The molecule has 0 saturated heterocycles. The van der Waals surface area contributed by atoms with Crippen LogP contribution in [0.5, 0.6) is 5.75 Å². The smallest absolute Gasteiger partial charge is 0.221 e. The topological polar surface area (TPSA) is 55.6 Å². The maximum absolute atomic E-state index is 14.2. The zero-order valence-corrected chi connectivity index (χ0v) is 14.3. The first-order valence-electron chi connectivity index (χ1n) is 8.25. The lowest BCUT2D eigenvalue weighted by Crippen LogP contribution is -2.21. The number of nitrogens with one attached hydrogen (secondary N) is 1. The normalized spacial score (nSPS) is 16.9. The van der Waals surface area contributed by atoms with Crippen molar-refractivity contribution in [2.24, 2.45) is 0 Å². The third kappa shape index (κ3) is 2.60. The average molecular weight is 357 g/mol. The van der Waals surface area contributed by atoms with Crippen molar-refractivity contribution in [2.45, 2.75) is 25.8 Å². The van der Waals surface area contributed by atoms with E-state index in [4.69, 9.17) is 4.74 Å². The van der Waals surface area contributed by atoms with Gasteiger partial charge in [-0.1, -0.05) is 0 Å². The number of pyridine rings is 1. The number of hydrogen-bond donors (Lipinski definition) is 1. The minimum absolute atomic E-state index is 0.0832. The first-order valence-corrected chi connectivity index (χ1v) is 8.25. The summed E-state index contributed by atoms with van der Waals surface area (Å²) in [6, 6.07) is 6.31. The highest BCUT2D eigenvalue weighted by atomic mass is 19.1. The number of carbonyl (C=O) groups excluding carboxylic acids is 1. The third-order valence-electron chi connectivity index (χ3n) is 4.69. The molecular formula is C19H17F2N3O2. The fourth-order valence-corrected chi connectivity index (χ4v) is 3.50. The Bertz CT molecular complexity index is 1010. The van der Waals surface area contributed by atoms with Crippen molar-refractivity contribution in [2.75, 3.05) is 7.11 Å². The van der Waals surface area contributed by atoms with E-state index in [1.165, 1.54) is 19.2 Å². The highest BCUT2D eigenvalue weighted by Gasteiger charge is 2.30. The Kier molecular flexibility index (Phi) is 3.86. The molecule has 0 radical (unpaired) electrons. The molecule has 1 unspecified atom stereocenters. The van der Waals surface area contributed by atoms with Gasteiger partial charge in [0.15, 0.2) is 17.4 Å². The molecular weight excluding hydrogens is 340 g/mol. The molecule has 1 aromatic carbocycles. The molecule has 134 valence electrons. The Balaban J connectivity index is 1.94. The quantitative estimate of drug-likeness (QED) is 0.767. The van der Waals surface area contributed by atoms with E-state index in [0.29, 0.717) is 11.3 Å². The molecule has 4 rings (SSSR count). The summed E-state index contributed by atoms with van der Waals surface area (Å²) in [6.45, 7) is 2.25. The first kappa shape index (κ1) is 16.5. The molecule has 0 bridgehead atoms. The van der Waals surface area contributed by atoms with E-state index in [0.717, 1.165) is 16.9 Å². The molecule has 1 amide bonds. The van der Waals surface area contributed by atoms with Crippen LogP contribution in [-0.2, 0) is 11.3 Å². The standard InChI is InChI=1S/C19H17F2N3O2/c1-10-3-4-24-16(5-10)23-15-9-22-17(25)8-12(18(15)24)11-6-13(20)19(26-2)14(21)7-11/h3-7,12H,8-9H2,1-2H3,(H,22,25). The number of aromatic nitrogens is 2. The van der Waals surface area contributed by atoms with Crippen molar-refractivity contribution in [3.05, 3.63) is 64.6 Å². The summed E-state index contributed by atoms with van der Waals surface area (Å²) < 4.78 is 35.1. The zero-order valence-electron chi connectivity index (χ0n) is 14.3. The van der Waals surface area contributed by atoms with Gasteiger partial charge in [-0.15, -0.1) is 0 Å². The van der Waals surface area contributed by atoms with Gasteiger partial charge in [0.2, 0.25) is 5.91 Å². The van der Waals surface area contributed by atoms with Crippen LogP contribution in [0.1, 0.15) is 34.9 Å². The van der Waals surface area contributed by atoms with Gasteiger partial charge in [0, 0.05) is 18.5 Å². The molecule has 1 aliphatic rings. The van der Waals surface area contributed by atoms with Gasteiger partial charge in [-0.2, -0.15) is 0 Å². The van der Waals surface area contributed by atoms with E-state index in [2.05, 4.69) is 10.3 Å². The van der Waals surface area contributed by atoms with E-state index in [9.17, 15) is 13.6 Å². The van der Waals surface area contributed by atoms with Crippen LogP contribution in [0.15, 0.2) is 30.5 Å². The summed E-state index contributed by atoms with van der Waals surface area (Å²) >= 11 is 0. The summed E-state index contributed by atoms with van der Waals surface area (Å²) in [5.74, 6) is -2.72. The summed E-state index contributed by atoms with van der Waals surface area (Å²) in [7, 11) is 1.21. The van der Waals surface area contributed by atoms with Gasteiger partial charge in [0.05, 0.1) is 25.0 Å². The van der Waals surface area contributed by atoms with Crippen molar-refractivity contribution in [3.63, 3.8) is 0 Å². The predicted octanol–water partition coefficient (Wildman–Crippen LogP) is 3.08. The molecule has 2 aromatic heterocycles. The number of halogens is 2. The average Bonchev–Trinajstić information content (AvgIpc) is 2.86. The number of aryl methyl sites for hydroxylation is 1. The number of nitrogens with zero attached hydrogens (tertiary/aromatic N) is 2. The van der Waals surface area contributed by atoms with E-state index in [1.807, 2.05) is 29.7 Å². The van der Waals surface area contributed by atoms with Crippen molar-refractivity contribution >= 4 is 11.6 Å². The van der Waals surface area contributed by atoms with E-state index >= 15 is 0 Å². The van der Waals surface area contributed by atoms with Crippen LogP contribution >= 0.6 is 0 Å². The van der Waals surface area contributed by atoms with Crippen molar-refractivity contribution in [1.29, 1.82) is 0 Å². The monoisotopic (exact) mass is 357 g/mol. The van der Waals surface area contributed by atoms with Gasteiger partial charge < -0.3 is 14.5 Å². The lowest BCUT2D eigenvalue weighted by atomic mass is 9.91. The number of carbonyl (C=O) groups is 1. The van der Waals surface area contributed by atoms with Crippen LogP contribution in [0.3, 0.4) is 0 Å². The molecule has 0 spiro atoms. The number of imidazole rings is 1. The summed E-state index contributed by atoms with van der Waals surface area (Å²) in [6.07, 6.45) is 1.95. The second-order valence-corrected chi connectivity index (χ2v) is 6.43. The SMILES string of the molecule is COc1c(F)cc(C2CC(=O)NCc3nc4cc(C)ccn4c32)cc1F. The molecule has 0 saturated carbocycles. The van der Waals surface area contributed by atoms with Gasteiger partial charge in [-0.05, 0) is 42.3 Å². The van der Waals surface area contributed by atoms with Gasteiger partial charge in [0.25, 0.3) is 0 Å². The molecule has 1 N–H and O–H groups in total. The third-order valence-corrected chi connectivity index (χ3v) is 4.69. The summed E-state index contributed by atoms with van der Waals surface area (Å²) in [5.41, 5.74) is 3.64. The van der Waals surface area contributed by atoms with Crippen LogP contribution in [0.25, 0.3) is 5.65 Å². The van der Waals surface area contributed by atoms with Gasteiger partial charge in [-0.25, -0.2) is 13.8 Å². The van der Waals surface area contributed by atoms with Gasteiger partial charge >= 0.3 is 0 Å². The van der Waals surface area contributed by atoms with Crippen molar-refractivity contribution in [1.82, 2.24) is 14.7 Å². The number of benzene rings is 1. The summed E-state index contributed by atoms with van der Waals surface area (Å²) in [5, 5.41) is 2.80. The van der Waals surface area contributed by atoms with E-state index in [1.54, 1.807) is 0 Å². The largest absolute Gasteiger partial charge is 0.491 e. The Morgan fingerprint density at radius 2 is 2.00 bits per heavy atom. The highest BCUT2D eigenvalue weighted by molar-refractivity contribution is 5.78. The van der Waals surface area contributed by atoms with E-state index in [-0.39, 0.29) is 18.9 Å². The maximum atomic E-state index is 14.2. The molecule has 3 aromatic rings. The maximum Gasteiger partial charge on any atom is 0.221 e. The Labute approximate surface area is 148 Å². The van der Waals surface area contributed by atoms with Crippen molar-refractivity contribution in [3.8, 4) is 5.75 Å². The first-order chi connectivity index (χ1) is 12.5. The van der Waals surface area contributed by atoms with Crippen LogP contribution < -0.4 is 10.1 Å². The minimum atomic E-state index is -0.793. The minimum Gasteiger partial charge on any atom is -0.491 e. The fourth-order valence-electron chi connectivity index (χ4n) is 3.50. The molecule has 1 atom stereocenters. The Hall–Kier alpha value is -2.96. The number of rotatable bonds is 2. The number of hydrogen-bond acceptors (Lipinski definition) is 3. The number of fused-ring (bicyclic) bond motifs is 3. The number of amides is 1. The lowest BCUT2D eigenvalue weighted by Gasteiger charge is -2.17. The molecule has 0 fully saturated rings. The van der Waals surface area contributed by atoms with E-state index < -0.39 is 23.3 Å². The molecule has 26 heavy (non-hydrogen) atoms. The second kappa shape index (κ2) is 6.09. The molecule has 1 aliphatic heterocycles. The van der Waals surface area contributed by atoms with Crippen LogP contribution in [0.2, 0.25) is 0 Å². The second-order valence-electron chi connectivity index (χ2n) is 6.43. The number of ether oxygens (including phenoxy) is 1. The predicted molar refractivity (Wildman–Crippen MR) is 91.1 cm³/mol. The molecule has 0 aliphatic carbocycles. The molecule has 5 nitrogen and oxygen atoms in total. The summed E-state index contributed by atoms with van der Waals surface area (Å²) in [4.78, 5) is 16.8. The van der Waals surface area contributed by atoms with Crippen molar-refractivity contribution < 1.29 is 18.3 Å². The Morgan fingerprint density at radius 1 is 1.27 bits per heavy atom. The Morgan fingerprint density at radius 3 is 2.69 bits per heavy atom. The van der Waals surface area contributed by atoms with Gasteiger partial charge in [0.1, 0.15) is 5.65 Å². The van der Waals surface area contributed by atoms with Crippen LogP contribution in [0.4, 0.5) is 8.78 Å². The highest BCUT2D eigenvalue weighted by Crippen LogP contribution is 2.36. The molecule has 7 heteroatoms. The van der Waals surface area contributed by atoms with Crippen LogP contribution in [-0.4, -0.2) is 22.4 Å².